The maximum absolute atomic E-state index is 12.3. The quantitative estimate of drug-likeness (QED) is 0.708. The first-order valence-electron chi connectivity index (χ1n) is 6.62. The third-order valence-electron chi connectivity index (χ3n) is 3.18. The van der Waals surface area contributed by atoms with Gasteiger partial charge in [0.1, 0.15) is 0 Å². The first kappa shape index (κ1) is 14.4. The monoisotopic (exact) mass is 363 g/mol. The Morgan fingerprint density at radius 3 is 3.00 bits per heavy atom. The highest BCUT2D eigenvalue weighted by Crippen LogP contribution is 2.19. The van der Waals surface area contributed by atoms with Crippen molar-refractivity contribution < 1.29 is 0 Å². The summed E-state index contributed by atoms with van der Waals surface area (Å²) in [4.78, 5) is 13.5. The minimum Gasteiger partial charge on any atom is -0.310 e. The molecule has 0 amide bonds. The summed E-state index contributed by atoms with van der Waals surface area (Å²) >= 11 is 5.14. The van der Waals surface area contributed by atoms with Crippen molar-refractivity contribution >= 4 is 38.0 Å². The van der Waals surface area contributed by atoms with E-state index in [4.69, 9.17) is 0 Å². The molecule has 3 aromatic rings. The maximum atomic E-state index is 12.3. The summed E-state index contributed by atoms with van der Waals surface area (Å²) < 4.78 is 2.62. The van der Waals surface area contributed by atoms with E-state index in [0.717, 1.165) is 21.8 Å². The lowest BCUT2D eigenvalue weighted by molar-refractivity contribution is 0.537. The molecule has 0 saturated carbocycles. The fourth-order valence-electron chi connectivity index (χ4n) is 2.13. The van der Waals surface area contributed by atoms with Crippen LogP contribution in [0.3, 0.4) is 0 Å². The number of rotatable bonds is 5. The van der Waals surface area contributed by atoms with E-state index in [-0.39, 0.29) is 5.56 Å². The van der Waals surface area contributed by atoms with Gasteiger partial charge in [0.2, 0.25) is 0 Å². The SMILES string of the molecule is O=c1c2ccccc2cnn1CCNCc1cc(Br)cs1. The Hall–Kier alpha value is -1.50. The topological polar surface area (TPSA) is 46.9 Å². The first-order chi connectivity index (χ1) is 10.2. The molecule has 0 aliphatic carbocycles. The van der Waals surface area contributed by atoms with Gasteiger partial charge in [-0.15, -0.1) is 11.3 Å². The molecular weight excluding hydrogens is 350 g/mol. The van der Waals surface area contributed by atoms with E-state index >= 15 is 0 Å². The molecule has 1 N–H and O–H groups in total. The van der Waals surface area contributed by atoms with Crippen molar-refractivity contribution in [3.63, 3.8) is 0 Å². The molecule has 0 atom stereocenters. The van der Waals surface area contributed by atoms with Crippen molar-refractivity contribution in [1.29, 1.82) is 0 Å². The average Bonchev–Trinajstić information content (AvgIpc) is 2.91. The van der Waals surface area contributed by atoms with Crippen LogP contribution in [-0.2, 0) is 13.1 Å². The highest BCUT2D eigenvalue weighted by atomic mass is 79.9. The van der Waals surface area contributed by atoms with E-state index in [1.165, 1.54) is 9.56 Å². The molecule has 0 saturated heterocycles. The number of hydrogen-bond acceptors (Lipinski definition) is 4. The second-order valence-electron chi connectivity index (χ2n) is 4.67. The van der Waals surface area contributed by atoms with E-state index in [1.807, 2.05) is 24.3 Å². The molecular formula is C15H14BrN3OS. The van der Waals surface area contributed by atoms with Gasteiger partial charge >= 0.3 is 0 Å². The molecule has 108 valence electrons. The lowest BCUT2D eigenvalue weighted by Crippen LogP contribution is -2.28. The maximum Gasteiger partial charge on any atom is 0.274 e. The Kier molecular flexibility index (Phi) is 4.48. The highest BCUT2D eigenvalue weighted by molar-refractivity contribution is 9.10. The number of halogens is 1. The molecule has 6 heteroatoms. The molecule has 0 spiro atoms. The first-order valence-corrected chi connectivity index (χ1v) is 8.30. The summed E-state index contributed by atoms with van der Waals surface area (Å²) in [5, 5.41) is 11.2. The Balaban J connectivity index is 1.63. The predicted octanol–water partition coefficient (Wildman–Crippen LogP) is 3.01. The van der Waals surface area contributed by atoms with E-state index in [1.54, 1.807) is 17.5 Å². The summed E-state index contributed by atoms with van der Waals surface area (Å²) in [7, 11) is 0. The van der Waals surface area contributed by atoms with Gasteiger partial charge in [-0.2, -0.15) is 5.10 Å². The van der Waals surface area contributed by atoms with Crippen LogP contribution in [0.2, 0.25) is 0 Å². The third kappa shape index (κ3) is 3.40. The minimum absolute atomic E-state index is 0.0335. The van der Waals surface area contributed by atoms with Crippen LogP contribution in [0.5, 0.6) is 0 Å². The molecule has 0 fully saturated rings. The molecule has 4 nitrogen and oxygen atoms in total. The second-order valence-corrected chi connectivity index (χ2v) is 6.58. The number of aromatic nitrogens is 2. The Morgan fingerprint density at radius 1 is 1.33 bits per heavy atom. The summed E-state index contributed by atoms with van der Waals surface area (Å²) in [6, 6.07) is 9.63. The fraction of sp³-hybridized carbons (Fsp3) is 0.200. The molecule has 0 aliphatic rings. The normalized spacial score (nSPS) is 11.1. The van der Waals surface area contributed by atoms with Crippen LogP contribution in [0, 0.1) is 0 Å². The van der Waals surface area contributed by atoms with Gasteiger partial charge in [-0.25, -0.2) is 4.68 Å². The van der Waals surface area contributed by atoms with Crippen molar-refractivity contribution in [2.75, 3.05) is 6.54 Å². The number of nitrogens with one attached hydrogen (secondary N) is 1. The van der Waals surface area contributed by atoms with Gasteiger partial charge < -0.3 is 5.32 Å². The van der Waals surface area contributed by atoms with E-state index in [0.29, 0.717) is 13.1 Å². The number of thiophene rings is 1. The molecule has 1 aromatic carbocycles. The Bertz CT molecular complexity index is 812. The van der Waals surface area contributed by atoms with Crippen molar-refractivity contribution in [1.82, 2.24) is 15.1 Å². The second kappa shape index (κ2) is 6.51. The highest BCUT2D eigenvalue weighted by Gasteiger charge is 2.03. The van der Waals surface area contributed by atoms with Gasteiger partial charge in [-0.1, -0.05) is 18.2 Å². The van der Waals surface area contributed by atoms with Crippen LogP contribution in [0.4, 0.5) is 0 Å². The van der Waals surface area contributed by atoms with Gasteiger partial charge in [0.05, 0.1) is 18.1 Å². The number of benzene rings is 1. The predicted molar refractivity (Wildman–Crippen MR) is 89.7 cm³/mol. The molecule has 0 bridgehead atoms. The standard InChI is InChI=1S/C15H14BrN3OS/c16-12-7-13(21-10-12)9-17-5-6-19-15(20)14-4-2-1-3-11(14)8-18-19/h1-4,7-8,10,17H,5-6,9H2. The van der Waals surface area contributed by atoms with Gasteiger partial charge in [-0.05, 0) is 28.1 Å². The van der Waals surface area contributed by atoms with Crippen molar-refractivity contribution in [3.05, 3.63) is 61.6 Å². The minimum atomic E-state index is -0.0335. The zero-order chi connectivity index (χ0) is 14.7. The van der Waals surface area contributed by atoms with E-state index in [9.17, 15) is 4.79 Å². The molecule has 0 unspecified atom stereocenters. The smallest absolute Gasteiger partial charge is 0.274 e. The van der Waals surface area contributed by atoms with Crippen molar-refractivity contribution in [2.45, 2.75) is 13.1 Å². The lowest BCUT2D eigenvalue weighted by atomic mass is 10.2. The summed E-state index contributed by atoms with van der Waals surface area (Å²) in [6.07, 6.45) is 1.74. The van der Waals surface area contributed by atoms with Gasteiger partial charge in [0.15, 0.2) is 0 Å². The van der Waals surface area contributed by atoms with E-state index in [2.05, 4.69) is 37.8 Å². The number of hydrogen-bond donors (Lipinski definition) is 1. The van der Waals surface area contributed by atoms with E-state index < -0.39 is 0 Å². The zero-order valence-corrected chi connectivity index (χ0v) is 13.7. The fourth-order valence-corrected chi connectivity index (χ4v) is 3.55. The Morgan fingerprint density at radius 2 is 2.19 bits per heavy atom. The van der Waals surface area contributed by atoms with Crippen LogP contribution >= 0.6 is 27.3 Å². The summed E-state index contributed by atoms with van der Waals surface area (Å²) in [5.41, 5.74) is -0.0335. The number of nitrogens with zero attached hydrogens (tertiary/aromatic N) is 2. The molecule has 0 radical (unpaired) electrons. The Labute approximate surface area is 134 Å². The van der Waals surface area contributed by atoms with Gasteiger partial charge in [0.25, 0.3) is 5.56 Å². The summed E-state index contributed by atoms with van der Waals surface area (Å²) in [5.74, 6) is 0. The lowest BCUT2D eigenvalue weighted by Gasteiger charge is -2.06. The molecule has 0 aliphatic heterocycles. The van der Waals surface area contributed by atoms with Gasteiger partial charge in [0, 0.05) is 33.2 Å². The molecule has 21 heavy (non-hydrogen) atoms. The third-order valence-corrected chi connectivity index (χ3v) is 4.88. The van der Waals surface area contributed by atoms with Crippen molar-refractivity contribution in [2.24, 2.45) is 0 Å². The van der Waals surface area contributed by atoms with Crippen molar-refractivity contribution in [3.8, 4) is 0 Å². The summed E-state index contributed by atoms with van der Waals surface area (Å²) in [6.45, 7) is 2.08. The van der Waals surface area contributed by atoms with Crippen LogP contribution < -0.4 is 10.9 Å². The van der Waals surface area contributed by atoms with Crippen LogP contribution in [0.15, 0.2) is 51.2 Å². The van der Waals surface area contributed by atoms with Crippen LogP contribution in [-0.4, -0.2) is 16.3 Å². The largest absolute Gasteiger partial charge is 0.310 e. The molecule has 2 aromatic heterocycles. The zero-order valence-electron chi connectivity index (χ0n) is 11.3. The molecule has 2 heterocycles. The average molecular weight is 364 g/mol. The van der Waals surface area contributed by atoms with Gasteiger partial charge in [-0.3, -0.25) is 4.79 Å². The number of fused-ring (bicyclic) bond motifs is 1. The van der Waals surface area contributed by atoms with Crippen LogP contribution in [0.25, 0.3) is 10.8 Å². The van der Waals surface area contributed by atoms with Crippen LogP contribution in [0.1, 0.15) is 4.88 Å². The molecule has 3 rings (SSSR count).